The summed E-state index contributed by atoms with van der Waals surface area (Å²) in [5, 5.41) is 17.8. The summed E-state index contributed by atoms with van der Waals surface area (Å²) in [5.74, 6) is -1.35. The van der Waals surface area contributed by atoms with E-state index in [9.17, 15) is 24.1 Å². The number of anilines is 2. The van der Waals surface area contributed by atoms with Crippen LogP contribution in [0.25, 0.3) is 11.3 Å². The second-order valence-electron chi connectivity index (χ2n) is 6.13. The van der Waals surface area contributed by atoms with Gasteiger partial charge in [0.1, 0.15) is 5.82 Å². The van der Waals surface area contributed by atoms with Crippen LogP contribution in [0.1, 0.15) is 22.8 Å². The Hall–Kier alpha value is -3.66. The van der Waals surface area contributed by atoms with Crippen LogP contribution in [0, 0.1) is 22.9 Å². The zero-order chi connectivity index (χ0) is 21.1. The number of nitrogens with one attached hydrogen (secondary N) is 2. The Morgan fingerprint density at radius 3 is 2.55 bits per heavy atom. The van der Waals surface area contributed by atoms with E-state index >= 15 is 0 Å². The van der Waals surface area contributed by atoms with Crippen molar-refractivity contribution in [3.8, 4) is 11.3 Å². The van der Waals surface area contributed by atoms with E-state index in [2.05, 4.69) is 15.6 Å². The van der Waals surface area contributed by atoms with Crippen LogP contribution in [0.15, 0.2) is 41.8 Å². The van der Waals surface area contributed by atoms with Gasteiger partial charge in [-0.05, 0) is 37.3 Å². The van der Waals surface area contributed by atoms with Crippen LogP contribution in [-0.4, -0.2) is 21.7 Å². The number of nitro groups is 1. The number of aromatic nitrogens is 1. The molecule has 0 atom stereocenters. The highest BCUT2D eigenvalue weighted by molar-refractivity contribution is 7.14. The first-order valence-electron chi connectivity index (χ1n) is 8.34. The number of nitrogens with zero attached hydrogens (tertiary/aromatic N) is 2. The van der Waals surface area contributed by atoms with E-state index in [1.165, 1.54) is 37.3 Å². The molecule has 8 nitrogen and oxygen atoms in total. The first-order valence-corrected chi connectivity index (χ1v) is 9.22. The van der Waals surface area contributed by atoms with Crippen LogP contribution < -0.4 is 10.6 Å². The number of nitro benzene ring substituents is 1. The van der Waals surface area contributed by atoms with E-state index in [0.29, 0.717) is 16.9 Å². The summed E-state index contributed by atoms with van der Waals surface area (Å²) in [6, 6.07) is 8.27. The molecule has 0 saturated heterocycles. The maximum absolute atomic E-state index is 14.3. The Morgan fingerprint density at radius 1 is 1.17 bits per heavy atom. The molecule has 1 heterocycles. The molecular weight excluding hydrogens is 399 g/mol. The van der Waals surface area contributed by atoms with Crippen LogP contribution in [0.5, 0.6) is 0 Å². The molecule has 10 heteroatoms. The molecule has 0 aliphatic heterocycles. The number of benzene rings is 2. The molecular formula is C19H15FN4O4S. The Kier molecular flexibility index (Phi) is 5.64. The zero-order valence-electron chi connectivity index (χ0n) is 15.4. The monoisotopic (exact) mass is 414 g/mol. The second kappa shape index (κ2) is 8.15. The van der Waals surface area contributed by atoms with Crippen molar-refractivity contribution >= 4 is 39.7 Å². The van der Waals surface area contributed by atoms with Gasteiger partial charge in [-0.15, -0.1) is 11.3 Å². The van der Waals surface area contributed by atoms with Gasteiger partial charge in [-0.3, -0.25) is 25.0 Å². The molecule has 3 aromatic rings. The standard InChI is InChI=1S/C19H15FN4O4S/c1-10-7-12(3-6-17(10)24(27)28)18(26)23-19-22-16(9-29-19)14-5-4-13(8-15(14)20)21-11(2)25/h3-9H,1-2H3,(H,21,25)(H,22,23,26). The Bertz CT molecular complexity index is 1130. The summed E-state index contributed by atoms with van der Waals surface area (Å²) >= 11 is 1.12. The van der Waals surface area contributed by atoms with Crippen molar-refractivity contribution < 1.29 is 18.9 Å². The van der Waals surface area contributed by atoms with Gasteiger partial charge in [0.2, 0.25) is 5.91 Å². The molecule has 0 spiro atoms. The fourth-order valence-corrected chi connectivity index (χ4v) is 3.34. The lowest BCUT2D eigenvalue weighted by molar-refractivity contribution is -0.385. The van der Waals surface area contributed by atoms with Gasteiger partial charge >= 0.3 is 0 Å². The molecule has 0 aliphatic rings. The van der Waals surface area contributed by atoms with Crippen LogP contribution in [-0.2, 0) is 4.79 Å². The van der Waals surface area contributed by atoms with Crippen molar-refractivity contribution in [2.75, 3.05) is 10.6 Å². The number of amides is 2. The number of hydrogen-bond acceptors (Lipinski definition) is 6. The Labute approximate surface area is 168 Å². The van der Waals surface area contributed by atoms with E-state index in [4.69, 9.17) is 0 Å². The maximum Gasteiger partial charge on any atom is 0.272 e. The lowest BCUT2D eigenvalue weighted by atomic mass is 10.1. The van der Waals surface area contributed by atoms with Crippen molar-refractivity contribution in [3.05, 3.63) is 68.8 Å². The number of halogens is 1. The van der Waals surface area contributed by atoms with Crippen LogP contribution in [0.3, 0.4) is 0 Å². The Morgan fingerprint density at radius 2 is 1.93 bits per heavy atom. The molecule has 0 saturated carbocycles. The third kappa shape index (κ3) is 4.61. The van der Waals surface area contributed by atoms with Gasteiger partial charge in [-0.25, -0.2) is 9.37 Å². The van der Waals surface area contributed by atoms with Crippen molar-refractivity contribution in [2.45, 2.75) is 13.8 Å². The number of carbonyl (C=O) groups excluding carboxylic acids is 2. The molecule has 2 amide bonds. The van der Waals surface area contributed by atoms with E-state index in [1.54, 1.807) is 18.4 Å². The lowest BCUT2D eigenvalue weighted by Crippen LogP contribution is -2.12. The fraction of sp³-hybridized carbons (Fsp3) is 0.105. The molecule has 2 N–H and O–H groups in total. The predicted molar refractivity (Wildman–Crippen MR) is 108 cm³/mol. The number of aryl methyl sites for hydroxylation is 1. The summed E-state index contributed by atoms with van der Waals surface area (Å²) in [4.78, 5) is 38.0. The molecule has 0 bridgehead atoms. The maximum atomic E-state index is 14.3. The molecule has 0 aliphatic carbocycles. The fourth-order valence-electron chi connectivity index (χ4n) is 2.63. The molecule has 2 aromatic carbocycles. The number of hydrogen-bond donors (Lipinski definition) is 2. The summed E-state index contributed by atoms with van der Waals surface area (Å²) < 4.78 is 14.3. The van der Waals surface area contributed by atoms with Gasteiger partial charge in [0, 0.05) is 40.7 Å². The first-order chi connectivity index (χ1) is 13.7. The summed E-state index contributed by atoms with van der Waals surface area (Å²) in [7, 11) is 0. The third-order valence-corrected chi connectivity index (χ3v) is 4.70. The van der Waals surface area contributed by atoms with Gasteiger partial charge < -0.3 is 5.32 Å². The van der Waals surface area contributed by atoms with Crippen molar-refractivity contribution in [1.82, 2.24) is 4.98 Å². The quantitative estimate of drug-likeness (QED) is 0.475. The topological polar surface area (TPSA) is 114 Å². The van der Waals surface area contributed by atoms with Gasteiger partial charge in [0.15, 0.2) is 5.13 Å². The average Bonchev–Trinajstić information content (AvgIpc) is 3.09. The average molecular weight is 414 g/mol. The van der Waals surface area contributed by atoms with Crippen LogP contribution >= 0.6 is 11.3 Å². The molecule has 29 heavy (non-hydrogen) atoms. The summed E-state index contributed by atoms with van der Waals surface area (Å²) in [5.41, 5.74) is 1.42. The van der Waals surface area contributed by atoms with Crippen LogP contribution in [0.2, 0.25) is 0 Å². The molecule has 3 rings (SSSR count). The highest BCUT2D eigenvalue weighted by atomic mass is 32.1. The van der Waals surface area contributed by atoms with E-state index in [0.717, 1.165) is 11.3 Å². The molecule has 0 unspecified atom stereocenters. The molecule has 0 radical (unpaired) electrons. The predicted octanol–water partition coefficient (Wildman–Crippen LogP) is 4.38. The molecule has 0 fully saturated rings. The van der Waals surface area contributed by atoms with Gasteiger partial charge in [-0.1, -0.05) is 0 Å². The summed E-state index contributed by atoms with van der Waals surface area (Å²) in [6.07, 6.45) is 0. The van der Waals surface area contributed by atoms with Crippen LogP contribution in [0.4, 0.5) is 20.9 Å². The Balaban J connectivity index is 1.77. The van der Waals surface area contributed by atoms with Gasteiger partial charge in [-0.2, -0.15) is 0 Å². The number of thiazole rings is 1. The second-order valence-corrected chi connectivity index (χ2v) is 6.98. The van der Waals surface area contributed by atoms with Crippen molar-refractivity contribution in [1.29, 1.82) is 0 Å². The normalized spacial score (nSPS) is 10.4. The molecule has 1 aromatic heterocycles. The lowest BCUT2D eigenvalue weighted by Gasteiger charge is -2.05. The number of rotatable bonds is 5. The minimum atomic E-state index is -0.564. The minimum absolute atomic E-state index is 0.0729. The minimum Gasteiger partial charge on any atom is -0.326 e. The third-order valence-electron chi connectivity index (χ3n) is 3.95. The van der Waals surface area contributed by atoms with Gasteiger partial charge in [0.25, 0.3) is 11.6 Å². The molecule has 148 valence electrons. The summed E-state index contributed by atoms with van der Waals surface area (Å²) in [6.45, 7) is 2.87. The van der Waals surface area contributed by atoms with E-state index in [1.807, 2.05) is 0 Å². The highest BCUT2D eigenvalue weighted by Gasteiger charge is 2.16. The first kappa shape index (κ1) is 20.1. The SMILES string of the molecule is CC(=O)Nc1ccc(-c2csc(NC(=O)c3ccc([N+](=O)[O-])c(C)c3)n2)c(F)c1. The van der Waals surface area contributed by atoms with Crippen molar-refractivity contribution in [3.63, 3.8) is 0 Å². The zero-order valence-corrected chi connectivity index (χ0v) is 16.2. The van der Waals surface area contributed by atoms with Crippen molar-refractivity contribution in [2.24, 2.45) is 0 Å². The largest absolute Gasteiger partial charge is 0.326 e. The van der Waals surface area contributed by atoms with Gasteiger partial charge in [0.05, 0.1) is 10.6 Å². The highest BCUT2D eigenvalue weighted by Crippen LogP contribution is 2.29. The van der Waals surface area contributed by atoms with E-state index < -0.39 is 16.6 Å². The smallest absolute Gasteiger partial charge is 0.272 e. The van der Waals surface area contributed by atoms with E-state index in [-0.39, 0.29) is 27.9 Å². The number of carbonyl (C=O) groups is 2.